The predicted octanol–water partition coefficient (Wildman–Crippen LogP) is 2.89. The van der Waals surface area contributed by atoms with Crippen molar-refractivity contribution in [2.75, 3.05) is 4.90 Å². The molecule has 0 aliphatic carbocycles. The molecular weight excluding hydrogens is 365 g/mol. The van der Waals surface area contributed by atoms with Crippen LogP contribution in [-0.4, -0.2) is 15.7 Å². The van der Waals surface area contributed by atoms with Gasteiger partial charge in [-0.05, 0) is 59.2 Å². The normalized spacial score (nSPS) is 15.1. The number of amides is 1. The molecule has 0 radical (unpaired) electrons. The molecule has 0 N–H and O–H groups in total. The van der Waals surface area contributed by atoms with Gasteiger partial charge in [-0.1, -0.05) is 0 Å². The van der Waals surface area contributed by atoms with Crippen molar-refractivity contribution in [3.8, 4) is 0 Å². The van der Waals surface area contributed by atoms with Crippen molar-refractivity contribution in [3.05, 3.63) is 45.3 Å². The third kappa shape index (κ3) is 2.72. The summed E-state index contributed by atoms with van der Waals surface area (Å²) in [6.45, 7) is 0.597. The van der Waals surface area contributed by atoms with Gasteiger partial charge < -0.3 is 4.90 Å². The number of hydrogen-bond donors (Lipinski definition) is 0. The number of anilines is 1. The van der Waals surface area contributed by atoms with E-state index < -0.39 is 0 Å². The lowest BCUT2D eigenvalue weighted by Gasteiger charge is -2.22. The minimum atomic E-state index is 0.203. The summed E-state index contributed by atoms with van der Waals surface area (Å²) in [5.41, 5.74) is 3.38. The monoisotopic (exact) mass is 381 g/mol. The molecule has 2 aromatic rings. The van der Waals surface area contributed by atoms with E-state index >= 15 is 0 Å². The van der Waals surface area contributed by atoms with Crippen molar-refractivity contribution in [2.24, 2.45) is 7.05 Å². The van der Waals surface area contributed by atoms with Gasteiger partial charge in [-0.15, -0.1) is 0 Å². The maximum atomic E-state index is 12.4. The lowest BCUT2D eigenvalue weighted by Crippen LogP contribution is -2.29. The van der Waals surface area contributed by atoms with E-state index in [1.807, 2.05) is 24.3 Å². The highest BCUT2D eigenvalue weighted by atomic mass is 127. The Kier molecular flexibility index (Phi) is 3.78. The van der Waals surface area contributed by atoms with E-state index in [1.54, 1.807) is 4.68 Å². The van der Waals surface area contributed by atoms with Crippen LogP contribution in [0.1, 0.15) is 24.0 Å². The summed E-state index contributed by atoms with van der Waals surface area (Å²) >= 11 is 2.32. The van der Waals surface area contributed by atoms with Crippen LogP contribution in [0.4, 0.5) is 5.69 Å². The first-order chi connectivity index (χ1) is 9.63. The molecule has 5 heteroatoms. The summed E-state index contributed by atoms with van der Waals surface area (Å²) in [5, 5.41) is 4.18. The highest BCUT2D eigenvalue weighted by Crippen LogP contribution is 2.29. The topological polar surface area (TPSA) is 38.1 Å². The van der Waals surface area contributed by atoms with Crippen molar-refractivity contribution >= 4 is 34.2 Å². The number of rotatable bonds is 2. The Balaban J connectivity index is 1.97. The molecule has 0 fully saturated rings. The zero-order valence-electron chi connectivity index (χ0n) is 11.3. The molecule has 0 saturated heterocycles. The van der Waals surface area contributed by atoms with Crippen LogP contribution in [0, 0.1) is 3.57 Å². The summed E-state index contributed by atoms with van der Waals surface area (Å²) in [5.74, 6) is 0.203. The maximum Gasteiger partial charge on any atom is 0.227 e. The van der Waals surface area contributed by atoms with Gasteiger partial charge in [0.2, 0.25) is 5.91 Å². The van der Waals surface area contributed by atoms with E-state index in [9.17, 15) is 4.79 Å². The number of benzene rings is 1. The number of hydrogen-bond acceptors (Lipinski definition) is 2. The van der Waals surface area contributed by atoms with Gasteiger partial charge >= 0.3 is 0 Å². The number of fused-ring (bicyclic) bond motifs is 1. The van der Waals surface area contributed by atoms with E-state index in [2.05, 4.69) is 45.9 Å². The molecule has 0 saturated carbocycles. The van der Waals surface area contributed by atoms with Crippen LogP contribution in [0.25, 0.3) is 0 Å². The average molecular weight is 381 g/mol. The molecule has 1 aliphatic rings. The summed E-state index contributed by atoms with van der Waals surface area (Å²) < 4.78 is 2.99. The van der Waals surface area contributed by atoms with Crippen molar-refractivity contribution in [3.63, 3.8) is 0 Å². The van der Waals surface area contributed by atoms with Crippen molar-refractivity contribution in [1.29, 1.82) is 0 Å². The molecule has 1 aromatic heterocycles. The first kappa shape index (κ1) is 13.6. The Morgan fingerprint density at radius 2 is 2.20 bits per heavy atom. The lowest BCUT2D eigenvalue weighted by molar-refractivity contribution is -0.118. The van der Waals surface area contributed by atoms with Gasteiger partial charge in [-0.2, -0.15) is 5.10 Å². The van der Waals surface area contributed by atoms with Gasteiger partial charge in [0.05, 0.1) is 12.7 Å². The molecular formula is C15H16IN3O. The summed E-state index contributed by atoms with van der Waals surface area (Å²) in [4.78, 5) is 14.3. The molecule has 1 amide bonds. The van der Waals surface area contributed by atoms with Crippen LogP contribution in [0.2, 0.25) is 0 Å². The Bertz CT molecular complexity index is 650. The number of aryl methyl sites for hydroxylation is 2. The zero-order chi connectivity index (χ0) is 14.1. The largest absolute Gasteiger partial charge is 0.308 e. The molecule has 4 nitrogen and oxygen atoms in total. The summed E-state index contributed by atoms with van der Waals surface area (Å²) in [6, 6.07) is 6.32. The van der Waals surface area contributed by atoms with Crippen molar-refractivity contribution in [2.45, 2.75) is 25.8 Å². The van der Waals surface area contributed by atoms with Gasteiger partial charge in [-0.3, -0.25) is 9.48 Å². The van der Waals surface area contributed by atoms with Crippen molar-refractivity contribution < 1.29 is 4.79 Å². The Morgan fingerprint density at radius 3 is 2.95 bits per heavy atom. The number of aromatic nitrogens is 2. The van der Waals surface area contributed by atoms with Gasteiger partial charge in [0.25, 0.3) is 0 Å². The summed E-state index contributed by atoms with van der Waals surface area (Å²) in [6.07, 6.45) is 6.30. The van der Waals surface area contributed by atoms with Gasteiger partial charge in [-0.25, -0.2) is 0 Å². The average Bonchev–Trinajstić information content (AvgIpc) is 2.75. The number of nitrogens with zero attached hydrogens (tertiary/aromatic N) is 3. The second-order valence-corrected chi connectivity index (χ2v) is 6.37. The fourth-order valence-electron chi connectivity index (χ4n) is 2.63. The quantitative estimate of drug-likeness (QED) is 0.751. The van der Waals surface area contributed by atoms with Gasteiger partial charge in [0, 0.05) is 34.5 Å². The third-order valence-electron chi connectivity index (χ3n) is 3.57. The Morgan fingerprint density at radius 1 is 1.35 bits per heavy atom. The highest BCUT2D eigenvalue weighted by molar-refractivity contribution is 14.1. The van der Waals surface area contributed by atoms with Gasteiger partial charge in [0.15, 0.2) is 0 Å². The van der Waals surface area contributed by atoms with Crippen LogP contribution >= 0.6 is 22.6 Å². The number of carbonyl (C=O) groups excluding carboxylic acids is 1. The molecule has 1 aromatic carbocycles. The molecule has 20 heavy (non-hydrogen) atoms. The lowest BCUT2D eigenvalue weighted by atomic mass is 10.1. The summed E-state index contributed by atoms with van der Waals surface area (Å²) in [7, 11) is 1.89. The smallest absolute Gasteiger partial charge is 0.227 e. The van der Waals surface area contributed by atoms with Crippen LogP contribution in [0.5, 0.6) is 0 Å². The molecule has 104 valence electrons. The zero-order valence-corrected chi connectivity index (χ0v) is 13.5. The number of carbonyl (C=O) groups is 1. The van der Waals surface area contributed by atoms with Crippen LogP contribution in [0.15, 0.2) is 30.6 Å². The third-order valence-corrected chi connectivity index (χ3v) is 4.24. The van der Waals surface area contributed by atoms with Crippen molar-refractivity contribution in [1.82, 2.24) is 9.78 Å². The first-order valence-corrected chi connectivity index (χ1v) is 7.77. The SMILES string of the molecule is Cn1cc(CN2C(=O)CCCc3cc(I)ccc32)cn1. The fourth-order valence-corrected chi connectivity index (χ4v) is 3.18. The standard InChI is InChI=1S/C15H16IN3O/c1-18-9-11(8-17-18)10-19-14-6-5-13(16)7-12(14)3-2-4-15(19)20/h5-9H,2-4,10H2,1H3. The molecule has 3 rings (SSSR count). The van der Waals surface area contributed by atoms with E-state index in [4.69, 9.17) is 0 Å². The van der Waals surface area contributed by atoms with E-state index in [1.165, 1.54) is 9.13 Å². The van der Waals surface area contributed by atoms with Crippen LogP contribution in [0.3, 0.4) is 0 Å². The van der Waals surface area contributed by atoms with Crippen LogP contribution < -0.4 is 4.90 Å². The first-order valence-electron chi connectivity index (χ1n) is 6.70. The highest BCUT2D eigenvalue weighted by Gasteiger charge is 2.22. The molecule has 0 spiro atoms. The predicted molar refractivity (Wildman–Crippen MR) is 86.5 cm³/mol. The molecule has 0 unspecified atom stereocenters. The Hall–Kier alpha value is -1.37. The minimum absolute atomic E-state index is 0.203. The molecule has 1 aliphatic heterocycles. The second kappa shape index (κ2) is 5.55. The van der Waals surface area contributed by atoms with Crippen LogP contribution in [-0.2, 0) is 24.8 Å². The minimum Gasteiger partial charge on any atom is -0.308 e. The maximum absolute atomic E-state index is 12.4. The van der Waals surface area contributed by atoms with Gasteiger partial charge in [0.1, 0.15) is 0 Å². The van der Waals surface area contributed by atoms with E-state index in [0.29, 0.717) is 13.0 Å². The van der Waals surface area contributed by atoms with E-state index in [0.717, 1.165) is 24.1 Å². The molecule has 2 heterocycles. The molecule has 0 atom stereocenters. The second-order valence-electron chi connectivity index (χ2n) is 5.13. The van der Waals surface area contributed by atoms with E-state index in [-0.39, 0.29) is 5.91 Å². The Labute approximate surface area is 131 Å². The number of halogens is 1. The fraction of sp³-hybridized carbons (Fsp3) is 0.333. The molecule has 0 bridgehead atoms.